The number of piperidine rings is 1. The molecule has 9 nitrogen and oxygen atoms in total. The number of rotatable bonds is 7. The van der Waals surface area contributed by atoms with Crippen LogP contribution < -0.4 is 20.3 Å². The van der Waals surface area contributed by atoms with E-state index in [0.717, 1.165) is 42.4 Å². The van der Waals surface area contributed by atoms with Crippen LogP contribution in [-0.2, 0) is 4.79 Å². The number of nitrogens with zero attached hydrogens (tertiary/aromatic N) is 3. The van der Waals surface area contributed by atoms with Crippen LogP contribution in [0.2, 0.25) is 0 Å². The van der Waals surface area contributed by atoms with Crippen LogP contribution >= 0.6 is 11.3 Å². The quantitative estimate of drug-likeness (QED) is 0.230. The van der Waals surface area contributed by atoms with Gasteiger partial charge in [-0.1, -0.05) is 24.3 Å². The minimum absolute atomic E-state index is 0.000968. The summed E-state index contributed by atoms with van der Waals surface area (Å²) in [7, 11) is 0. The van der Waals surface area contributed by atoms with Crippen LogP contribution in [0.15, 0.2) is 72.9 Å². The molecule has 1 aliphatic carbocycles. The molecule has 10 heteroatoms. The number of urea groups is 1. The molecule has 3 aliphatic rings. The van der Waals surface area contributed by atoms with Gasteiger partial charge in [-0.2, -0.15) is 0 Å². The number of thiophene rings is 1. The number of hydrogen-bond donors (Lipinski definition) is 2. The fourth-order valence-corrected chi connectivity index (χ4v) is 6.73. The van der Waals surface area contributed by atoms with Crippen molar-refractivity contribution in [3.63, 3.8) is 0 Å². The third kappa shape index (κ3) is 5.46. The van der Waals surface area contributed by atoms with Gasteiger partial charge < -0.3 is 20.3 Å². The van der Waals surface area contributed by atoms with Crippen LogP contribution in [0.4, 0.5) is 21.9 Å². The van der Waals surface area contributed by atoms with Crippen molar-refractivity contribution in [1.82, 2.24) is 15.2 Å². The molecule has 1 unspecified atom stereocenters. The van der Waals surface area contributed by atoms with Gasteiger partial charge in [-0.3, -0.25) is 14.5 Å². The highest BCUT2D eigenvalue weighted by atomic mass is 32.1. The van der Waals surface area contributed by atoms with E-state index in [0.29, 0.717) is 51.5 Å². The van der Waals surface area contributed by atoms with E-state index in [4.69, 9.17) is 4.74 Å². The SMILES string of the molecule is Cc1cc(Oc2ccccc2)ccc1N1C(=O)Nc2c(C(=O)NC3CCCN(C(=O)C=CC4CC4)C3)sc3nccc1c23. The zero-order chi connectivity index (χ0) is 29.5. The molecule has 4 amide bonds. The molecule has 0 spiro atoms. The summed E-state index contributed by atoms with van der Waals surface area (Å²) < 4.78 is 5.98. The van der Waals surface area contributed by atoms with Gasteiger partial charge in [0.1, 0.15) is 21.2 Å². The maximum atomic E-state index is 13.6. The lowest BCUT2D eigenvalue weighted by atomic mass is 10.0. The second-order valence-corrected chi connectivity index (χ2v) is 12.2. The molecule has 0 bridgehead atoms. The van der Waals surface area contributed by atoms with E-state index in [1.165, 1.54) is 11.3 Å². The van der Waals surface area contributed by atoms with E-state index < -0.39 is 0 Å². The highest BCUT2D eigenvalue weighted by molar-refractivity contribution is 7.21. The van der Waals surface area contributed by atoms with Crippen LogP contribution in [0.1, 0.15) is 40.9 Å². The predicted molar refractivity (Wildman–Crippen MR) is 167 cm³/mol. The number of hydrogen-bond acceptors (Lipinski definition) is 6. The Labute approximate surface area is 253 Å². The molecule has 2 aromatic carbocycles. The second-order valence-electron chi connectivity index (χ2n) is 11.2. The summed E-state index contributed by atoms with van der Waals surface area (Å²) in [6.45, 7) is 3.08. The minimum atomic E-state index is -0.357. The Kier molecular flexibility index (Phi) is 7.06. The van der Waals surface area contributed by atoms with Gasteiger partial charge in [0.2, 0.25) is 5.91 Å². The van der Waals surface area contributed by atoms with Crippen LogP contribution in [0.25, 0.3) is 10.2 Å². The number of benzene rings is 2. The fraction of sp³-hybridized carbons (Fsp3) is 0.273. The summed E-state index contributed by atoms with van der Waals surface area (Å²) in [5.74, 6) is 1.66. The highest BCUT2D eigenvalue weighted by Crippen LogP contribution is 2.46. The van der Waals surface area contributed by atoms with E-state index in [-0.39, 0.29) is 23.9 Å². The van der Waals surface area contributed by atoms with Gasteiger partial charge in [-0.25, -0.2) is 9.78 Å². The number of carbonyl (C=O) groups excluding carboxylic acids is 3. The number of likely N-dealkylation sites (tertiary alicyclic amines) is 1. The van der Waals surface area contributed by atoms with Crippen molar-refractivity contribution in [2.75, 3.05) is 23.3 Å². The summed E-state index contributed by atoms with van der Waals surface area (Å²) in [4.78, 5) is 48.9. The molecule has 4 aromatic rings. The smallest absolute Gasteiger partial charge is 0.331 e. The predicted octanol–water partition coefficient (Wildman–Crippen LogP) is 6.77. The molecule has 2 N–H and O–H groups in total. The number of allylic oxidation sites excluding steroid dienone is 1. The van der Waals surface area contributed by atoms with Crippen molar-refractivity contribution in [3.8, 4) is 11.5 Å². The van der Waals surface area contributed by atoms with E-state index in [9.17, 15) is 14.4 Å². The molecular formula is C33H31N5O4S. The molecule has 2 aliphatic heterocycles. The standard InChI is InChI=1S/C33H31N5O4S/c1-20-18-24(42-23-7-3-2-4-8-23)12-13-25(20)38-26-15-16-34-32-28(26)29(36-33(38)41)30(43-32)31(40)35-22-6-5-17-37(19-22)27(39)14-11-21-9-10-21/h2-4,7-8,11-16,18,21-22H,5-6,9-10,17,19H2,1H3,(H,35,40)(H,36,41). The Hall–Kier alpha value is -4.70. The number of carbonyl (C=O) groups is 3. The normalized spacial score (nSPS) is 18.2. The zero-order valence-corrected chi connectivity index (χ0v) is 24.5. The number of aryl methyl sites for hydroxylation is 1. The molecule has 2 fully saturated rings. The Morgan fingerprint density at radius 3 is 2.70 bits per heavy atom. The minimum Gasteiger partial charge on any atom is -0.457 e. The first kappa shape index (κ1) is 27.2. The van der Waals surface area contributed by atoms with Crippen molar-refractivity contribution >= 4 is 56.5 Å². The molecule has 7 rings (SSSR count). The maximum absolute atomic E-state index is 13.6. The Morgan fingerprint density at radius 2 is 1.91 bits per heavy atom. The summed E-state index contributed by atoms with van der Waals surface area (Å²) in [5, 5.41) is 6.82. The summed E-state index contributed by atoms with van der Waals surface area (Å²) in [6.07, 6.45) is 9.25. The topological polar surface area (TPSA) is 104 Å². The average molecular weight is 594 g/mol. The number of ether oxygens (including phenoxy) is 1. The number of nitrogens with one attached hydrogen (secondary N) is 2. The van der Waals surface area contributed by atoms with Crippen LogP contribution in [-0.4, -0.2) is 46.9 Å². The van der Waals surface area contributed by atoms with Gasteiger partial charge in [-0.15, -0.1) is 11.3 Å². The van der Waals surface area contributed by atoms with Crippen molar-refractivity contribution in [3.05, 3.63) is 83.4 Å². The van der Waals surface area contributed by atoms with E-state index in [1.807, 2.05) is 61.5 Å². The van der Waals surface area contributed by atoms with Gasteiger partial charge in [0.25, 0.3) is 5.91 Å². The number of pyridine rings is 1. The molecule has 0 radical (unpaired) electrons. The lowest BCUT2D eigenvalue weighted by Crippen LogP contribution is -2.49. The maximum Gasteiger partial charge on any atom is 0.331 e. The van der Waals surface area contributed by atoms with Gasteiger partial charge in [0.05, 0.1) is 22.4 Å². The zero-order valence-electron chi connectivity index (χ0n) is 23.7. The number of anilines is 3. The molecule has 218 valence electrons. The van der Waals surface area contributed by atoms with E-state index >= 15 is 0 Å². The largest absolute Gasteiger partial charge is 0.457 e. The lowest BCUT2D eigenvalue weighted by molar-refractivity contribution is -0.127. The number of amides is 4. The monoisotopic (exact) mass is 593 g/mol. The first-order chi connectivity index (χ1) is 20.9. The molecule has 1 saturated carbocycles. The van der Waals surface area contributed by atoms with Crippen molar-refractivity contribution in [2.24, 2.45) is 5.92 Å². The van der Waals surface area contributed by atoms with Crippen molar-refractivity contribution in [1.29, 1.82) is 0 Å². The summed E-state index contributed by atoms with van der Waals surface area (Å²) in [6, 6.07) is 16.4. The average Bonchev–Trinajstić information content (AvgIpc) is 3.77. The molecule has 2 aromatic heterocycles. The molecule has 4 heterocycles. The number of para-hydroxylation sites is 1. The molecule has 1 atom stereocenters. The molecular weight excluding hydrogens is 562 g/mol. The van der Waals surface area contributed by atoms with E-state index in [1.54, 1.807) is 28.1 Å². The second kappa shape index (κ2) is 11.2. The molecule has 43 heavy (non-hydrogen) atoms. The Balaban J connectivity index is 1.13. The summed E-state index contributed by atoms with van der Waals surface area (Å²) >= 11 is 1.26. The van der Waals surface area contributed by atoms with Gasteiger partial charge in [0, 0.05) is 25.3 Å². The van der Waals surface area contributed by atoms with Crippen molar-refractivity contribution in [2.45, 2.75) is 38.6 Å². The van der Waals surface area contributed by atoms with Gasteiger partial charge in [-0.05, 0) is 86.6 Å². The first-order valence-corrected chi connectivity index (χ1v) is 15.4. The third-order valence-electron chi connectivity index (χ3n) is 8.04. The van der Waals surface area contributed by atoms with Crippen molar-refractivity contribution < 1.29 is 19.1 Å². The third-order valence-corrected chi connectivity index (χ3v) is 9.14. The van der Waals surface area contributed by atoms with Gasteiger partial charge in [0.15, 0.2) is 0 Å². The lowest BCUT2D eigenvalue weighted by Gasteiger charge is -2.32. The van der Waals surface area contributed by atoms with Crippen LogP contribution in [0.3, 0.4) is 0 Å². The molecule has 1 saturated heterocycles. The first-order valence-electron chi connectivity index (χ1n) is 14.6. The Bertz CT molecular complexity index is 1760. The summed E-state index contributed by atoms with van der Waals surface area (Å²) in [5.41, 5.74) is 2.69. The van der Waals surface area contributed by atoms with Crippen LogP contribution in [0.5, 0.6) is 11.5 Å². The van der Waals surface area contributed by atoms with Crippen LogP contribution in [0, 0.1) is 12.8 Å². The number of aromatic nitrogens is 1. The van der Waals surface area contributed by atoms with Gasteiger partial charge >= 0.3 is 6.03 Å². The Morgan fingerprint density at radius 1 is 1.07 bits per heavy atom. The van der Waals surface area contributed by atoms with E-state index in [2.05, 4.69) is 15.6 Å². The fourth-order valence-electron chi connectivity index (χ4n) is 5.71. The highest BCUT2D eigenvalue weighted by Gasteiger charge is 2.34.